The molecule has 0 aliphatic heterocycles. The zero-order valence-electron chi connectivity index (χ0n) is 5.42. The zero-order valence-corrected chi connectivity index (χ0v) is 8.48. The Morgan fingerprint density at radius 3 is 1.43 bits per heavy atom. The van der Waals surface area contributed by atoms with Crippen LogP contribution in [-0.2, 0) is 3.02 Å². The van der Waals surface area contributed by atoms with E-state index in [1.807, 2.05) is 0 Å². The van der Waals surface area contributed by atoms with Gasteiger partial charge in [0.25, 0.3) is 0 Å². The Labute approximate surface area is 86.8 Å². The molecule has 0 heterocycles. The molecule has 0 aliphatic carbocycles. The van der Waals surface area contributed by atoms with Gasteiger partial charge < -0.3 is 13.1 Å². The van der Waals surface area contributed by atoms with E-state index in [0.717, 1.165) is 0 Å². The summed E-state index contributed by atoms with van der Waals surface area (Å²) in [6.45, 7) is 0. The summed E-state index contributed by atoms with van der Waals surface area (Å²) in [5.74, 6) is 0. The summed E-state index contributed by atoms with van der Waals surface area (Å²) < 4.78 is 8.34. The van der Waals surface area contributed by atoms with E-state index in [9.17, 15) is 0 Å². The van der Waals surface area contributed by atoms with E-state index >= 15 is 0 Å². The predicted molar refractivity (Wildman–Crippen MR) is 26.5 cm³/mol. The molecule has 0 saturated heterocycles. The van der Waals surface area contributed by atoms with Gasteiger partial charge in [-0.1, -0.05) is 0 Å². The molecule has 7 heavy (non-hydrogen) atoms. The molecule has 4 nitrogen and oxygen atoms in total. The molecular formula is CH5CaO4Sb. The van der Waals surface area contributed by atoms with Crippen LogP contribution in [0.1, 0.15) is 2.85 Å². The van der Waals surface area contributed by atoms with Gasteiger partial charge in [0.15, 0.2) is 0 Å². The summed E-state index contributed by atoms with van der Waals surface area (Å²) >= 11 is 0.300. The molecule has 0 spiro atoms. The van der Waals surface area contributed by atoms with Gasteiger partial charge in [-0.3, -0.25) is 0 Å². The third-order valence-corrected chi connectivity index (χ3v) is 0. The van der Waals surface area contributed by atoms with E-state index in [-0.39, 0.29) is 40.6 Å². The molecule has 0 aromatic carbocycles. The van der Waals surface area contributed by atoms with E-state index in [4.69, 9.17) is 18.0 Å². The summed E-state index contributed by atoms with van der Waals surface area (Å²) in [5, 5.41) is 13.9. The summed E-state index contributed by atoms with van der Waals surface area (Å²) in [5.41, 5.74) is 0. The molecule has 2 N–H and O–H groups in total. The molecule has 0 aromatic heterocycles. The fraction of sp³-hybridized carbons (Fsp3) is 0. The third-order valence-electron chi connectivity index (χ3n) is 0. The average molecular weight is 243 g/mol. The minimum absolute atomic E-state index is 0. The van der Waals surface area contributed by atoms with E-state index in [2.05, 4.69) is 0 Å². The Bertz CT molecular complexity index is 49.8. The second-order valence-corrected chi connectivity index (χ2v) is 0.283. The van der Waals surface area contributed by atoms with Crippen molar-refractivity contribution in [1.82, 2.24) is 0 Å². The van der Waals surface area contributed by atoms with Crippen LogP contribution in [0.4, 0.5) is 4.79 Å². The van der Waals surface area contributed by atoms with Crippen molar-refractivity contribution < 1.29 is 20.9 Å². The van der Waals surface area contributed by atoms with Gasteiger partial charge in [0.05, 0.1) is 0 Å². The average Bonchev–Trinajstić information content (AvgIpc) is 1.41. The Morgan fingerprint density at radius 2 is 1.43 bits per heavy atom. The van der Waals surface area contributed by atoms with Crippen molar-refractivity contribution in [3.05, 3.63) is 0 Å². The normalized spacial score (nSPS) is 4.00. The number of carbonyl (C=O) groups is 1. The molecule has 0 saturated carbocycles. The molecule has 0 aliphatic rings. The van der Waals surface area contributed by atoms with Crippen LogP contribution >= 0.6 is 0 Å². The van der Waals surface area contributed by atoms with Crippen LogP contribution in [-0.4, -0.2) is 77.1 Å². The Hall–Kier alpha value is 1.15. The van der Waals surface area contributed by atoms with Gasteiger partial charge in [0, 0.05) is 0 Å². The summed E-state index contributed by atoms with van der Waals surface area (Å²) in [6, 6.07) is 0. The number of carboxylic acid groups (broad SMARTS) is 2. The first-order valence-electron chi connectivity index (χ1n) is 0.855. The van der Waals surface area contributed by atoms with Gasteiger partial charge in [-0.25, -0.2) is 4.79 Å². The summed E-state index contributed by atoms with van der Waals surface area (Å²) in [7, 11) is 0. The molecule has 0 aromatic rings. The molecule has 0 bridgehead atoms. The van der Waals surface area contributed by atoms with Crippen molar-refractivity contribution in [1.29, 1.82) is 0 Å². The van der Waals surface area contributed by atoms with Gasteiger partial charge in [0.2, 0.25) is 0 Å². The first kappa shape index (κ1) is 15.7. The molecule has 0 radical (unpaired) electrons. The topological polar surface area (TPSA) is 74.6 Å². The Balaban J connectivity index is -0.00000000990. The second-order valence-electron chi connectivity index (χ2n) is 0.283. The molecule has 6 heteroatoms. The molecule has 0 fully saturated rings. The van der Waals surface area contributed by atoms with Crippen molar-refractivity contribution in [3.63, 3.8) is 0 Å². The first-order chi connectivity index (χ1) is 2.73. The molecule has 0 amide bonds. The van der Waals surface area contributed by atoms with Crippen molar-refractivity contribution in [2.24, 2.45) is 0 Å². The van der Waals surface area contributed by atoms with Crippen LogP contribution in [0, 0.1) is 0 Å². The molecule has 0 rings (SSSR count). The van der Waals surface area contributed by atoms with Crippen LogP contribution < -0.4 is 0 Å². The monoisotopic (exact) mass is 242 g/mol. The summed E-state index contributed by atoms with van der Waals surface area (Å²) in [6.07, 6.45) is -1.83. The van der Waals surface area contributed by atoms with Crippen molar-refractivity contribution in [3.8, 4) is 0 Å². The Morgan fingerprint density at radius 1 is 1.43 bits per heavy atom. The van der Waals surface area contributed by atoms with Crippen LogP contribution in [0.5, 0.6) is 0 Å². The standard InChI is InChI=1S/CH2O3.Ca.O.Sb.3H/c2-1(3)4;;;;;;/h(H2,2,3,4);;;;;;/q;+2;;;;2*-1. The minimum atomic E-state index is -1.83. The van der Waals surface area contributed by atoms with E-state index in [1.54, 1.807) is 0 Å². The van der Waals surface area contributed by atoms with Crippen LogP contribution in [0.2, 0.25) is 0 Å². The van der Waals surface area contributed by atoms with Crippen LogP contribution in [0.15, 0.2) is 0 Å². The van der Waals surface area contributed by atoms with Gasteiger partial charge in [0.1, 0.15) is 0 Å². The van der Waals surface area contributed by atoms with E-state index in [1.165, 1.54) is 0 Å². The zero-order chi connectivity index (χ0) is 5.58. The van der Waals surface area contributed by atoms with E-state index in [0.29, 0.717) is 23.0 Å². The molecular weight excluding hydrogens is 238 g/mol. The number of hydrogen-bond donors (Lipinski definition) is 2. The number of hydrogen-bond acceptors (Lipinski definition) is 2. The Kier molecular flexibility index (Phi) is 35.2. The van der Waals surface area contributed by atoms with E-state index < -0.39 is 6.16 Å². The van der Waals surface area contributed by atoms with Crippen LogP contribution in [0.3, 0.4) is 0 Å². The van der Waals surface area contributed by atoms with Crippen molar-refractivity contribution in [2.45, 2.75) is 0 Å². The third kappa shape index (κ3) is 144. The number of rotatable bonds is 0. The van der Waals surface area contributed by atoms with Crippen molar-refractivity contribution in [2.75, 3.05) is 0 Å². The second kappa shape index (κ2) is 15.7. The fourth-order valence-electron chi connectivity index (χ4n) is 0. The predicted octanol–water partition coefficient (Wildman–Crippen LogP) is -0.701. The molecule has 0 unspecified atom stereocenters. The molecule has 0 atom stereocenters. The maximum atomic E-state index is 8.56. The SMILES string of the molecule is O=C(O)O.[Ca+2].[H-].[H-].[O]=[SbH]. The molecule has 40 valence electrons. The first-order valence-corrected chi connectivity index (χ1v) is 2.02. The van der Waals surface area contributed by atoms with Gasteiger partial charge >= 0.3 is 69.9 Å². The van der Waals surface area contributed by atoms with Crippen LogP contribution in [0.25, 0.3) is 0 Å². The maximum absolute atomic E-state index is 8.56. The summed E-state index contributed by atoms with van der Waals surface area (Å²) in [4.78, 5) is 8.56. The van der Waals surface area contributed by atoms with Gasteiger partial charge in [-0.15, -0.1) is 0 Å². The fourth-order valence-corrected chi connectivity index (χ4v) is 0. The van der Waals surface area contributed by atoms with Gasteiger partial charge in [-0.2, -0.15) is 0 Å². The quantitative estimate of drug-likeness (QED) is 0.551. The van der Waals surface area contributed by atoms with Crippen molar-refractivity contribution >= 4 is 66.9 Å². The van der Waals surface area contributed by atoms with Gasteiger partial charge in [-0.05, 0) is 0 Å².